The summed E-state index contributed by atoms with van der Waals surface area (Å²) < 4.78 is 0. The number of fused-ring (bicyclic) bond motifs is 1. The summed E-state index contributed by atoms with van der Waals surface area (Å²) in [5.41, 5.74) is -1.27. The number of likely N-dealkylation sites (tertiary alicyclic amines) is 1. The summed E-state index contributed by atoms with van der Waals surface area (Å²) in [5.74, 6) is -1.84. The van der Waals surface area contributed by atoms with E-state index in [1.165, 1.54) is 11.0 Å². The molecule has 0 unspecified atom stereocenters. The highest BCUT2D eigenvalue weighted by molar-refractivity contribution is 6.22. The van der Waals surface area contributed by atoms with Crippen molar-refractivity contribution in [3.8, 4) is 0 Å². The minimum Gasteiger partial charge on any atom is -0.386 e. The van der Waals surface area contributed by atoms with Gasteiger partial charge in [0.15, 0.2) is 0 Å². The lowest BCUT2D eigenvalue weighted by Crippen LogP contribution is -2.63. The lowest BCUT2D eigenvalue weighted by molar-refractivity contribution is -0.384. The minimum absolute atomic E-state index is 0.0454. The number of non-ortho nitro benzene ring substituents is 1. The first-order valence-electron chi connectivity index (χ1n) is 6.84. The second-order valence-corrected chi connectivity index (χ2v) is 5.93. The summed E-state index contributed by atoms with van der Waals surface area (Å²) in [6, 6.07) is 3.39. The van der Waals surface area contributed by atoms with E-state index in [-0.39, 0.29) is 29.9 Å². The van der Waals surface area contributed by atoms with Crippen LogP contribution in [0.3, 0.4) is 0 Å². The second kappa shape index (κ2) is 4.85. The standard InChI is InChI=1S/C14H13N3O6/c1-14(21)6-15(7-14)11(18)5-16-12(19)9-3-2-8(17(22)23)4-10(9)13(16)20/h2-4,21H,5-7H2,1H3. The molecule has 0 spiro atoms. The van der Waals surface area contributed by atoms with Crippen LogP contribution in [-0.4, -0.2) is 62.8 Å². The molecule has 0 atom stereocenters. The van der Waals surface area contributed by atoms with E-state index >= 15 is 0 Å². The van der Waals surface area contributed by atoms with Crippen LogP contribution in [0.25, 0.3) is 0 Å². The fraction of sp³-hybridized carbons (Fsp3) is 0.357. The number of β-amino-alcohol motifs (C(OH)–C–C–N with tert-alkyl or cyclic N) is 1. The molecule has 0 aromatic heterocycles. The average molecular weight is 319 g/mol. The van der Waals surface area contributed by atoms with Crippen LogP contribution in [0.15, 0.2) is 18.2 Å². The van der Waals surface area contributed by atoms with Crippen LogP contribution >= 0.6 is 0 Å². The summed E-state index contributed by atoms with van der Waals surface area (Å²) in [4.78, 5) is 48.7. The highest BCUT2D eigenvalue weighted by Crippen LogP contribution is 2.27. The number of nitro benzene ring substituents is 1. The van der Waals surface area contributed by atoms with E-state index in [1.807, 2.05) is 0 Å². The average Bonchev–Trinajstić information content (AvgIpc) is 2.69. The van der Waals surface area contributed by atoms with E-state index in [1.54, 1.807) is 6.92 Å². The number of imide groups is 1. The predicted octanol–water partition coefficient (Wildman–Crippen LogP) is -0.216. The SMILES string of the molecule is CC1(O)CN(C(=O)CN2C(=O)c3ccc([N+](=O)[O-])cc3C2=O)C1. The summed E-state index contributed by atoms with van der Waals surface area (Å²) in [6.45, 7) is 1.41. The molecule has 0 radical (unpaired) electrons. The van der Waals surface area contributed by atoms with Gasteiger partial charge in [0.2, 0.25) is 5.91 Å². The van der Waals surface area contributed by atoms with Gasteiger partial charge >= 0.3 is 0 Å². The lowest BCUT2D eigenvalue weighted by atomic mass is 9.97. The third-order valence-corrected chi connectivity index (χ3v) is 3.87. The minimum atomic E-state index is -0.946. The van der Waals surface area contributed by atoms with Crippen molar-refractivity contribution in [2.45, 2.75) is 12.5 Å². The molecule has 9 heteroatoms. The van der Waals surface area contributed by atoms with E-state index < -0.39 is 34.8 Å². The first-order chi connectivity index (χ1) is 10.7. The van der Waals surface area contributed by atoms with E-state index in [0.29, 0.717) is 0 Å². The molecule has 1 aromatic rings. The topological polar surface area (TPSA) is 121 Å². The number of aliphatic hydroxyl groups is 1. The smallest absolute Gasteiger partial charge is 0.270 e. The Morgan fingerprint density at radius 1 is 1.30 bits per heavy atom. The molecular weight excluding hydrogens is 306 g/mol. The van der Waals surface area contributed by atoms with Crippen LogP contribution in [0.2, 0.25) is 0 Å². The number of hydrogen-bond donors (Lipinski definition) is 1. The number of benzene rings is 1. The number of rotatable bonds is 3. The number of nitro groups is 1. The third kappa shape index (κ3) is 2.44. The van der Waals surface area contributed by atoms with Crippen LogP contribution in [0.1, 0.15) is 27.6 Å². The van der Waals surface area contributed by atoms with Gasteiger partial charge in [-0.25, -0.2) is 0 Å². The molecule has 2 aliphatic rings. The van der Waals surface area contributed by atoms with Crippen molar-refractivity contribution in [1.29, 1.82) is 0 Å². The van der Waals surface area contributed by atoms with Crippen molar-refractivity contribution < 1.29 is 24.4 Å². The fourth-order valence-corrected chi connectivity index (χ4v) is 2.72. The van der Waals surface area contributed by atoms with Crippen molar-refractivity contribution in [2.75, 3.05) is 19.6 Å². The quantitative estimate of drug-likeness (QED) is 0.467. The van der Waals surface area contributed by atoms with Gasteiger partial charge < -0.3 is 10.0 Å². The van der Waals surface area contributed by atoms with E-state index in [9.17, 15) is 29.6 Å². The van der Waals surface area contributed by atoms with Crippen LogP contribution in [-0.2, 0) is 4.79 Å². The maximum atomic E-state index is 12.2. The zero-order valence-electron chi connectivity index (χ0n) is 12.2. The molecule has 0 saturated carbocycles. The number of carbonyl (C=O) groups is 3. The Balaban J connectivity index is 1.78. The molecule has 2 heterocycles. The highest BCUT2D eigenvalue weighted by Gasteiger charge is 2.43. The Kier molecular flexibility index (Phi) is 3.18. The number of hydrogen-bond acceptors (Lipinski definition) is 6. The van der Waals surface area contributed by atoms with Gasteiger partial charge in [-0.15, -0.1) is 0 Å². The molecule has 1 saturated heterocycles. The van der Waals surface area contributed by atoms with Gasteiger partial charge in [0.1, 0.15) is 6.54 Å². The Hall–Kier alpha value is -2.81. The van der Waals surface area contributed by atoms with Crippen LogP contribution in [0, 0.1) is 10.1 Å². The third-order valence-electron chi connectivity index (χ3n) is 3.87. The largest absolute Gasteiger partial charge is 0.386 e. The van der Waals surface area contributed by atoms with Crippen molar-refractivity contribution >= 4 is 23.4 Å². The van der Waals surface area contributed by atoms with Gasteiger partial charge in [0.05, 0.1) is 34.7 Å². The molecule has 3 amide bonds. The van der Waals surface area contributed by atoms with Crippen molar-refractivity contribution in [1.82, 2.24) is 9.80 Å². The second-order valence-electron chi connectivity index (χ2n) is 5.93. The van der Waals surface area contributed by atoms with Gasteiger partial charge in [0, 0.05) is 12.1 Å². The molecule has 1 fully saturated rings. The van der Waals surface area contributed by atoms with Gasteiger partial charge in [-0.2, -0.15) is 0 Å². The Morgan fingerprint density at radius 3 is 2.48 bits per heavy atom. The normalized spacial score (nSPS) is 18.7. The number of amides is 3. The Bertz CT molecular complexity index is 749. The zero-order valence-corrected chi connectivity index (χ0v) is 12.2. The Labute approximate surface area is 130 Å². The first-order valence-corrected chi connectivity index (χ1v) is 6.84. The van der Waals surface area contributed by atoms with E-state index in [4.69, 9.17) is 0 Å². The number of carbonyl (C=O) groups excluding carboxylic acids is 3. The van der Waals surface area contributed by atoms with Crippen LogP contribution < -0.4 is 0 Å². The molecule has 0 bridgehead atoms. The summed E-state index contributed by atoms with van der Waals surface area (Å²) in [5, 5.41) is 20.4. The molecule has 1 aromatic carbocycles. The molecular formula is C14H13N3O6. The molecule has 2 aliphatic heterocycles. The molecule has 3 rings (SSSR count). The summed E-state index contributed by atoms with van der Waals surface area (Å²) >= 11 is 0. The van der Waals surface area contributed by atoms with Crippen LogP contribution in [0.5, 0.6) is 0 Å². The van der Waals surface area contributed by atoms with Gasteiger partial charge in [-0.3, -0.25) is 29.4 Å². The Morgan fingerprint density at radius 2 is 1.91 bits per heavy atom. The number of nitrogens with zero attached hydrogens (tertiary/aromatic N) is 3. The van der Waals surface area contributed by atoms with E-state index in [2.05, 4.69) is 0 Å². The van der Waals surface area contributed by atoms with Gasteiger partial charge in [-0.1, -0.05) is 0 Å². The maximum Gasteiger partial charge on any atom is 0.270 e. The zero-order chi connectivity index (χ0) is 16.9. The molecule has 23 heavy (non-hydrogen) atoms. The van der Waals surface area contributed by atoms with E-state index in [0.717, 1.165) is 17.0 Å². The van der Waals surface area contributed by atoms with Crippen molar-refractivity contribution in [3.05, 3.63) is 39.4 Å². The van der Waals surface area contributed by atoms with Crippen molar-refractivity contribution in [3.63, 3.8) is 0 Å². The van der Waals surface area contributed by atoms with Crippen LogP contribution in [0.4, 0.5) is 5.69 Å². The summed E-state index contributed by atoms with van der Waals surface area (Å²) in [6.07, 6.45) is 0. The van der Waals surface area contributed by atoms with Crippen molar-refractivity contribution in [2.24, 2.45) is 0 Å². The lowest BCUT2D eigenvalue weighted by Gasteiger charge is -2.44. The fourth-order valence-electron chi connectivity index (χ4n) is 2.72. The first kappa shape index (κ1) is 15.1. The highest BCUT2D eigenvalue weighted by atomic mass is 16.6. The predicted molar refractivity (Wildman–Crippen MR) is 75.7 cm³/mol. The molecule has 0 aliphatic carbocycles. The van der Waals surface area contributed by atoms with Gasteiger partial charge in [0.25, 0.3) is 17.5 Å². The molecule has 9 nitrogen and oxygen atoms in total. The molecule has 120 valence electrons. The summed E-state index contributed by atoms with van der Waals surface area (Å²) in [7, 11) is 0. The monoisotopic (exact) mass is 319 g/mol. The maximum absolute atomic E-state index is 12.2. The van der Waals surface area contributed by atoms with Gasteiger partial charge in [-0.05, 0) is 13.0 Å². The molecule has 1 N–H and O–H groups in total.